The average Bonchev–Trinajstić information content (AvgIpc) is 3.29. The fraction of sp³-hybridized carbons (Fsp3) is 0.333. The van der Waals surface area contributed by atoms with Crippen molar-refractivity contribution in [3.63, 3.8) is 0 Å². The van der Waals surface area contributed by atoms with Crippen molar-refractivity contribution >= 4 is 17.6 Å². The third-order valence-corrected chi connectivity index (χ3v) is 5.96. The minimum Gasteiger partial charge on any atom is -0.494 e. The topological polar surface area (TPSA) is 83.8 Å². The van der Waals surface area contributed by atoms with Crippen molar-refractivity contribution in [3.05, 3.63) is 83.3 Å². The van der Waals surface area contributed by atoms with Gasteiger partial charge in [0.2, 0.25) is 0 Å². The Morgan fingerprint density at radius 3 is 2.68 bits per heavy atom. The van der Waals surface area contributed by atoms with Gasteiger partial charge >= 0.3 is 6.03 Å². The van der Waals surface area contributed by atoms with Crippen LogP contribution in [0.2, 0.25) is 0 Å². The summed E-state index contributed by atoms with van der Waals surface area (Å²) in [6.45, 7) is 6.09. The lowest BCUT2D eigenvalue weighted by Gasteiger charge is -2.33. The van der Waals surface area contributed by atoms with Gasteiger partial charge in [-0.1, -0.05) is 12.1 Å². The molecule has 34 heavy (non-hydrogen) atoms. The molecule has 1 fully saturated rings. The number of hydrogen-bond donors (Lipinski definition) is 2. The van der Waals surface area contributed by atoms with E-state index in [4.69, 9.17) is 9.15 Å². The lowest BCUT2D eigenvalue weighted by molar-refractivity contribution is 0.0947. The summed E-state index contributed by atoms with van der Waals surface area (Å²) in [5.74, 6) is 2.36. The quantitative estimate of drug-likeness (QED) is 0.498. The molecule has 2 N–H and O–H groups in total. The summed E-state index contributed by atoms with van der Waals surface area (Å²) in [5, 5.41) is 5.88. The molecule has 178 valence electrons. The van der Waals surface area contributed by atoms with E-state index in [0.717, 1.165) is 41.4 Å². The maximum Gasteiger partial charge on any atom is 0.321 e. The van der Waals surface area contributed by atoms with Crippen LogP contribution in [0.15, 0.2) is 65.1 Å². The Morgan fingerprint density at radius 1 is 1.12 bits per heavy atom. The van der Waals surface area contributed by atoms with Crippen LogP contribution in [0.4, 0.5) is 10.5 Å². The van der Waals surface area contributed by atoms with Gasteiger partial charge in [0.1, 0.15) is 17.3 Å². The molecule has 0 aliphatic carbocycles. The predicted molar refractivity (Wildman–Crippen MR) is 131 cm³/mol. The first kappa shape index (κ1) is 23.4. The Morgan fingerprint density at radius 2 is 1.94 bits per heavy atom. The molecular formula is C27H31N3O4. The molecule has 2 aromatic carbocycles. The van der Waals surface area contributed by atoms with Crippen molar-refractivity contribution in [2.75, 3.05) is 25.0 Å². The second-order valence-electron chi connectivity index (χ2n) is 8.49. The van der Waals surface area contributed by atoms with Gasteiger partial charge < -0.3 is 24.7 Å². The van der Waals surface area contributed by atoms with E-state index in [1.54, 1.807) is 0 Å². The van der Waals surface area contributed by atoms with Gasteiger partial charge in [0.25, 0.3) is 5.91 Å². The molecule has 0 radical (unpaired) electrons. The molecule has 3 amide bonds. The second-order valence-corrected chi connectivity index (χ2v) is 8.49. The van der Waals surface area contributed by atoms with Crippen LogP contribution < -0.4 is 15.4 Å². The first-order valence-corrected chi connectivity index (χ1v) is 11.7. The molecule has 0 bridgehead atoms. The fourth-order valence-electron chi connectivity index (χ4n) is 4.22. The Hall–Kier alpha value is -3.74. The number of aryl methyl sites for hydroxylation is 1. The average molecular weight is 462 g/mol. The van der Waals surface area contributed by atoms with Gasteiger partial charge in [0.05, 0.1) is 13.2 Å². The zero-order valence-electron chi connectivity index (χ0n) is 19.7. The molecule has 1 aliphatic rings. The zero-order valence-corrected chi connectivity index (χ0v) is 19.7. The zero-order chi connectivity index (χ0) is 23.9. The number of carbonyl (C=O) groups excluding carboxylic acids is 2. The van der Waals surface area contributed by atoms with Gasteiger partial charge in [-0.15, -0.1) is 0 Å². The molecular weight excluding hydrogens is 430 g/mol. The van der Waals surface area contributed by atoms with Crippen LogP contribution in [-0.2, 0) is 6.54 Å². The summed E-state index contributed by atoms with van der Waals surface area (Å²) in [7, 11) is 0. The highest BCUT2D eigenvalue weighted by Gasteiger charge is 2.25. The smallest absolute Gasteiger partial charge is 0.321 e. The van der Waals surface area contributed by atoms with Gasteiger partial charge in [0, 0.05) is 30.3 Å². The molecule has 0 saturated carbocycles. The van der Waals surface area contributed by atoms with Crippen LogP contribution in [0.3, 0.4) is 0 Å². The number of carbonyl (C=O) groups is 2. The maximum atomic E-state index is 12.9. The number of anilines is 1. The number of piperidine rings is 1. The highest BCUT2D eigenvalue weighted by atomic mass is 16.5. The number of ether oxygens (including phenoxy) is 1. The molecule has 1 aromatic heterocycles. The van der Waals surface area contributed by atoms with Crippen molar-refractivity contribution in [1.29, 1.82) is 0 Å². The van der Waals surface area contributed by atoms with Crippen LogP contribution >= 0.6 is 0 Å². The first-order valence-electron chi connectivity index (χ1n) is 11.7. The summed E-state index contributed by atoms with van der Waals surface area (Å²) >= 11 is 0. The number of hydrogen-bond acceptors (Lipinski definition) is 4. The van der Waals surface area contributed by atoms with Gasteiger partial charge in [-0.05, 0) is 80.8 Å². The van der Waals surface area contributed by atoms with E-state index in [9.17, 15) is 9.59 Å². The summed E-state index contributed by atoms with van der Waals surface area (Å²) in [6.07, 6.45) is 1.89. The first-order chi connectivity index (χ1) is 16.5. The number of benzene rings is 2. The van der Waals surface area contributed by atoms with Crippen molar-refractivity contribution in [3.8, 4) is 5.75 Å². The summed E-state index contributed by atoms with van der Waals surface area (Å²) in [5.41, 5.74) is 2.41. The van der Waals surface area contributed by atoms with Crippen LogP contribution in [-0.4, -0.2) is 36.5 Å². The van der Waals surface area contributed by atoms with E-state index >= 15 is 0 Å². The summed E-state index contributed by atoms with van der Waals surface area (Å²) in [6, 6.07) is 18.7. The number of nitrogens with one attached hydrogen (secondary N) is 2. The Kier molecular flexibility index (Phi) is 7.52. The van der Waals surface area contributed by atoms with Crippen molar-refractivity contribution in [1.82, 2.24) is 10.2 Å². The number of furan rings is 1. The Bertz CT molecular complexity index is 1120. The SMILES string of the molecule is CCOc1ccc(NC(=O)N2CCCC(c3cccc(C(=O)NCc4ccc(C)o4)c3)C2)cc1. The van der Waals surface area contributed by atoms with Crippen molar-refractivity contribution in [2.24, 2.45) is 0 Å². The van der Waals surface area contributed by atoms with Crippen LogP contribution in [0, 0.1) is 6.92 Å². The van der Waals surface area contributed by atoms with Crippen LogP contribution in [0.25, 0.3) is 0 Å². The molecule has 0 spiro atoms. The molecule has 1 unspecified atom stereocenters. The number of rotatable bonds is 7. The minimum absolute atomic E-state index is 0.114. The third kappa shape index (κ3) is 5.98. The summed E-state index contributed by atoms with van der Waals surface area (Å²) < 4.78 is 11.0. The van der Waals surface area contributed by atoms with Gasteiger partial charge in [-0.2, -0.15) is 0 Å². The molecule has 7 heteroatoms. The number of nitrogens with zero attached hydrogens (tertiary/aromatic N) is 1. The minimum atomic E-state index is -0.142. The van der Waals surface area contributed by atoms with Gasteiger partial charge in [0.15, 0.2) is 0 Å². The molecule has 7 nitrogen and oxygen atoms in total. The predicted octanol–water partition coefficient (Wildman–Crippen LogP) is 5.33. The van der Waals surface area contributed by atoms with E-state index in [1.807, 2.05) is 79.4 Å². The maximum absolute atomic E-state index is 12.9. The molecule has 4 rings (SSSR count). The number of likely N-dealkylation sites (tertiary alicyclic amines) is 1. The molecule has 2 heterocycles. The number of urea groups is 1. The molecule has 3 aromatic rings. The standard InChI is InChI=1S/C27H31N3O4/c1-3-33-24-13-10-23(11-14-24)29-27(32)30-15-5-8-22(18-30)20-6-4-7-21(16-20)26(31)28-17-25-12-9-19(2)34-25/h4,6-7,9-14,16,22H,3,5,8,15,17-18H2,1-2H3,(H,28,31)(H,29,32). The van der Waals surface area contributed by atoms with E-state index < -0.39 is 0 Å². The monoisotopic (exact) mass is 461 g/mol. The van der Waals surface area contributed by atoms with Gasteiger partial charge in [-0.3, -0.25) is 4.79 Å². The highest BCUT2D eigenvalue weighted by Crippen LogP contribution is 2.28. The molecule has 1 atom stereocenters. The van der Waals surface area contributed by atoms with E-state index in [-0.39, 0.29) is 17.9 Å². The van der Waals surface area contributed by atoms with E-state index in [0.29, 0.717) is 31.8 Å². The molecule has 1 aliphatic heterocycles. The normalized spacial score (nSPS) is 15.6. The van der Waals surface area contributed by atoms with Crippen molar-refractivity contribution in [2.45, 2.75) is 39.2 Å². The lowest BCUT2D eigenvalue weighted by atomic mass is 9.89. The van der Waals surface area contributed by atoms with Crippen molar-refractivity contribution < 1.29 is 18.7 Å². The summed E-state index contributed by atoms with van der Waals surface area (Å²) in [4.78, 5) is 27.4. The fourth-order valence-corrected chi connectivity index (χ4v) is 4.22. The van der Waals surface area contributed by atoms with E-state index in [1.165, 1.54) is 0 Å². The van der Waals surface area contributed by atoms with Gasteiger partial charge in [-0.25, -0.2) is 4.79 Å². The van der Waals surface area contributed by atoms with Crippen LogP contribution in [0.5, 0.6) is 5.75 Å². The molecule has 1 saturated heterocycles. The van der Waals surface area contributed by atoms with E-state index in [2.05, 4.69) is 10.6 Å². The largest absolute Gasteiger partial charge is 0.494 e. The van der Waals surface area contributed by atoms with Crippen LogP contribution in [0.1, 0.15) is 53.1 Å². The highest BCUT2D eigenvalue weighted by molar-refractivity contribution is 5.94. The Labute approximate surface area is 200 Å². The lowest BCUT2D eigenvalue weighted by Crippen LogP contribution is -2.41. The number of amides is 3. The third-order valence-electron chi connectivity index (χ3n) is 5.96. The Balaban J connectivity index is 1.35. The second kappa shape index (κ2) is 10.9.